The number of carbonyl (C=O) groups is 3. The van der Waals surface area contributed by atoms with Crippen molar-refractivity contribution in [3.63, 3.8) is 0 Å². The van der Waals surface area contributed by atoms with E-state index < -0.39 is 17.4 Å². The zero-order valence-electron chi connectivity index (χ0n) is 16.0. The van der Waals surface area contributed by atoms with E-state index in [0.717, 1.165) is 4.57 Å². The molecule has 0 saturated carbocycles. The molecule has 0 unspecified atom stereocenters. The summed E-state index contributed by atoms with van der Waals surface area (Å²) in [6, 6.07) is -0.522. The number of thioether (sulfide) groups is 1. The topological polar surface area (TPSA) is 96.7 Å². The van der Waals surface area contributed by atoms with Crippen molar-refractivity contribution in [2.45, 2.75) is 31.5 Å². The lowest BCUT2D eigenvalue weighted by molar-refractivity contribution is -0.887. The fourth-order valence-electron chi connectivity index (χ4n) is 2.13. The summed E-state index contributed by atoms with van der Waals surface area (Å²) in [5.41, 5.74) is 0.466. The second-order valence-electron chi connectivity index (χ2n) is 6.23. The third kappa shape index (κ3) is 6.03. The number of likely N-dealkylation sites (N-methyl/N-ethyl adjacent to an activating group) is 1. The standard InChI is InChI=1S/C16H26N3O6S/c1-7-24-15(21)18-10-11(17-14(18)26-16(22)25-8-2)9-12(13(20)23-6)19(3,4)5/h10,12H,7-9H2,1-6H3/q+1/t12-/m1/s1. The SMILES string of the molecule is CCOC(=O)Sc1nc(C[C@H](C(=O)OC)[N+](C)(C)C)cn1C(=O)OCC. The molecule has 0 aromatic carbocycles. The average Bonchev–Trinajstić information content (AvgIpc) is 2.94. The molecule has 0 fully saturated rings. The van der Waals surface area contributed by atoms with Crippen molar-refractivity contribution in [1.82, 2.24) is 9.55 Å². The minimum absolute atomic E-state index is 0.127. The van der Waals surface area contributed by atoms with Crippen molar-refractivity contribution < 1.29 is 33.1 Å². The zero-order chi connectivity index (χ0) is 19.9. The summed E-state index contributed by atoms with van der Waals surface area (Å²) >= 11 is 0.687. The Kier molecular flexibility index (Phi) is 8.09. The van der Waals surface area contributed by atoms with Crippen LogP contribution in [0.1, 0.15) is 19.5 Å². The van der Waals surface area contributed by atoms with E-state index in [1.54, 1.807) is 13.8 Å². The Labute approximate surface area is 157 Å². The molecule has 0 radical (unpaired) electrons. The summed E-state index contributed by atoms with van der Waals surface area (Å²) in [6.07, 6.45) is 1.04. The van der Waals surface area contributed by atoms with Gasteiger partial charge in [0.15, 0.2) is 11.2 Å². The van der Waals surface area contributed by atoms with Gasteiger partial charge in [-0.15, -0.1) is 0 Å². The lowest BCUT2D eigenvalue weighted by Gasteiger charge is -2.31. The van der Waals surface area contributed by atoms with E-state index in [9.17, 15) is 14.4 Å². The summed E-state index contributed by atoms with van der Waals surface area (Å²) in [6.45, 7) is 3.76. The largest absolute Gasteiger partial charge is 0.465 e. The van der Waals surface area contributed by atoms with Crippen LogP contribution in [-0.2, 0) is 25.4 Å². The van der Waals surface area contributed by atoms with Crippen LogP contribution in [0.3, 0.4) is 0 Å². The number of quaternary nitrogens is 1. The van der Waals surface area contributed by atoms with E-state index in [0.29, 0.717) is 21.9 Å². The Morgan fingerprint density at radius 1 is 1.19 bits per heavy atom. The maximum Gasteiger partial charge on any atom is 0.420 e. The van der Waals surface area contributed by atoms with Crippen molar-refractivity contribution in [3.8, 4) is 0 Å². The lowest BCUT2D eigenvalue weighted by atomic mass is 10.1. The molecule has 0 aliphatic heterocycles. The first-order chi connectivity index (χ1) is 12.1. The summed E-state index contributed by atoms with van der Waals surface area (Å²) in [5.74, 6) is -0.386. The Hall–Kier alpha value is -2.07. The molecule has 1 aromatic rings. The number of aromatic nitrogens is 2. The third-order valence-corrected chi connectivity index (χ3v) is 4.19. The first-order valence-electron chi connectivity index (χ1n) is 8.12. The van der Waals surface area contributed by atoms with Gasteiger partial charge in [0.25, 0.3) is 0 Å². The molecule has 0 spiro atoms. The van der Waals surface area contributed by atoms with Gasteiger partial charge in [0, 0.05) is 18.0 Å². The van der Waals surface area contributed by atoms with Crippen LogP contribution in [0.4, 0.5) is 9.59 Å². The molecule has 1 heterocycles. The minimum Gasteiger partial charge on any atom is -0.465 e. The monoisotopic (exact) mass is 388 g/mol. The molecular formula is C16H26N3O6S+. The van der Waals surface area contributed by atoms with Crippen molar-refractivity contribution in [2.24, 2.45) is 0 Å². The smallest absolute Gasteiger partial charge is 0.420 e. The molecule has 0 bridgehead atoms. The van der Waals surface area contributed by atoms with Crippen LogP contribution in [0, 0.1) is 0 Å². The number of hydrogen-bond acceptors (Lipinski definition) is 8. The van der Waals surface area contributed by atoms with Gasteiger partial charge in [0.05, 0.1) is 53.6 Å². The van der Waals surface area contributed by atoms with Gasteiger partial charge in [0.1, 0.15) is 0 Å². The van der Waals surface area contributed by atoms with Crippen LogP contribution >= 0.6 is 11.8 Å². The van der Waals surface area contributed by atoms with Gasteiger partial charge in [-0.1, -0.05) is 0 Å². The normalized spacial score (nSPS) is 12.4. The van der Waals surface area contributed by atoms with E-state index in [1.807, 2.05) is 21.1 Å². The molecule has 0 aliphatic carbocycles. The molecule has 9 nitrogen and oxygen atoms in total. The molecule has 10 heteroatoms. The first-order valence-corrected chi connectivity index (χ1v) is 8.94. The highest BCUT2D eigenvalue weighted by molar-refractivity contribution is 8.13. The highest BCUT2D eigenvalue weighted by Crippen LogP contribution is 2.22. The van der Waals surface area contributed by atoms with Gasteiger partial charge >= 0.3 is 17.4 Å². The summed E-state index contributed by atoms with van der Waals surface area (Å²) in [4.78, 5) is 40.3. The molecule has 26 heavy (non-hydrogen) atoms. The van der Waals surface area contributed by atoms with Gasteiger partial charge in [-0.2, -0.15) is 0 Å². The fourth-order valence-corrected chi connectivity index (χ4v) is 2.85. The Bertz CT molecular complexity index is 653. The number of nitrogens with zero attached hydrogens (tertiary/aromatic N) is 3. The predicted octanol–water partition coefficient (Wildman–Crippen LogP) is 1.93. The van der Waals surface area contributed by atoms with Gasteiger partial charge < -0.3 is 18.7 Å². The van der Waals surface area contributed by atoms with Gasteiger partial charge in [-0.3, -0.25) is 0 Å². The highest BCUT2D eigenvalue weighted by Gasteiger charge is 2.34. The predicted molar refractivity (Wildman–Crippen MR) is 95.1 cm³/mol. The second-order valence-corrected chi connectivity index (χ2v) is 7.13. The van der Waals surface area contributed by atoms with Crippen LogP contribution < -0.4 is 0 Å². The lowest BCUT2D eigenvalue weighted by Crippen LogP contribution is -2.51. The zero-order valence-corrected chi connectivity index (χ0v) is 16.8. The molecule has 146 valence electrons. The molecule has 1 rings (SSSR count). The summed E-state index contributed by atoms with van der Waals surface area (Å²) in [7, 11) is 6.90. The summed E-state index contributed by atoms with van der Waals surface area (Å²) < 4.78 is 16.2. The van der Waals surface area contributed by atoms with E-state index in [-0.39, 0.29) is 30.8 Å². The molecule has 0 amide bonds. The quantitative estimate of drug-likeness (QED) is 0.302. The van der Waals surface area contributed by atoms with Crippen LogP contribution in [0.2, 0.25) is 0 Å². The number of methoxy groups -OCH3 is 1. The van der Waals surface area contributed by atoms with Gasteiger partial charge in [0.2, 0.25) is 0 Å². The van der Waals surface area contributed by atoms with E-state index in [1.165, 1.54) is 13.3 Å². The van der Waals surface area contributed by atoms with Crippen molar-refractivity contribution in [2.75, 3.05) is 41.5 Å². The Balaban J connectivity index is 3.16. The molecule has 1 aromatic heterocycles. The first kappa shape index (κ1) is 22.0. The number of esters is 1. The average molecular weight is 388 g/mol. The van der Waals surface area contributed by atoms with Crippen LogP contribution in [0.15, 0.2) is 11.4 Å². The van der Waals surface area contributed by atoms with Crippen LogP contribution in [0.25, 0.3) is 0 Å². The van der Waals surface area contributed by atoms with Gasteiger partial charge in [-0.25, -0.2) is 23.9 Å². The van der Waals surface area contributed by atoms with E-state index in [4.69, 9.17) is 14.2 Å². The minimum atomic E-state index is -0.655. The number of imidazole rings is 1. The number of hydrogen-bond donors (Lipinski definition) is 0. The van der Waals surface area contributed by atoms with Crippen molar-refractivity contribution in [1.29, 1.82) is 0 Å². The molecule has 0 aliphatic rings. The second kappa shape index (κ2) is 9.58. The highest BCUT2D eigenvalue weighted by atomic mass is 32.2. The molecule has 0 N–H and O–H groups in total. The number of carbonyl (C=O) groups excluding carboxylic acids is 3. The van der Waals surface area contributed by atoms with Gasteiger partial charge in [-0.05, 0) is 13.8 Å². The van der Waals surface area contributed by atoms with Crippen molar-refractivity contribution >= 4 is 29.1 Å². The van der Waals surface area contributed by atoms with E-state index in [2.05, 4.69) is 4.98 Å². The maximum absolute atomic E-state index is 12.1. The third-order valence-electron chi connectivity index (χ3n) is 3.44. The van der Waals surface area contributed by atoms with E-state index >= 15 is 0 Å². The van der Waals surface area contributed by atoms with Crippen molar-refractivity contribution in [3.05, 3.63) is 11.9 Å². The fraction of sp³-hybridized carbons (Fsp3) is 0.625. The molecule has 1 atom stereocenters. The molecular weight excluding hydrogens is 362 g/mol. The molecule has 0 saturated heterocycles. The van der Waals surface area contributed by atoms with Crippen LogP contribution in [0.5, 0.6) is 0 Å². The summed E-state index contributed by atoms with van der Waals surface area (Å²) in [5, 5.41) is -0.451. The maximum atomic E-state index is 12.1. The number of rotatable bonds is 7. The van der Waals surface area contributed by atoms with Crippen LogP contribution in [-0.4, -0.2) is 78.9 Å². The Morgan fingerprint density at radius 2 is 1.81 bits per heavy atom. The Morgan fingerprint density at radius 3 is 2.31 bits per heavy atom. The number of ether oxygens (including phenoxy) is 3.